The molecule has 0 N–H and O–H groups in total. The van der Waals surface area contributed by atoms with Gasteiger partial charge in [-0.05, 0) is 35.9 Å². The zero-order chi connectivity index (χ0) is 17.1. The van der Waals surface area contributed by atoms with Crippen molar-refractivity contribution in [3.8, 4) is 0 Å². The van der Waals surface area contributed by atoms with Crippen molar-refractivity contribution >= 4 is 33.4 Å². The fraction of sp³-hybridized carbons (Fsp3) is 0.278. The summed E-state index contributed by atoms with van der Waals surface area (Å²) in [5.74, 6) is -0.274. The Labute approximate surface area is 154 Å². The summed E-state index contributed by atoms with van der Waals surface area (Å²) in [5, 5.41) is 0.447. The molecule has 0 atom stereocenters. The van der Waals surface area contributed by atoms with Crippen molar-refractivity contribution in [2.45, 2.75) is 6.54 Å². The second-order valence-electron chi connectivity index (χ2n) is 5.81. The van der Waals surface area contributed by atoms with Crippen molar-refractivity contribution < 1.29 is 9.18 Å². The first-order valence-electron chi connectivity index (χ1n) is 7.74. The summed E-state index contributed by atoms with van der Waals surface area (Å²) < 4.78 is 14.0. The van der Waals surface area contributed by atoms with Gasteiger partial charge in [-0.1, -0.05) is 39.7 Å². The maximum Gasteiger partial charge on any atom is 0.253 e. The van der Waals surface area contributed by atoms with Crippen molar-refractivity contribution in [1.29, 1.82) is 0 Å². The third-order valence-electron chi connectivity index (χ3n) is 4.14. The summed E-state index contributed by atoms with van der Waals surface area (Å²) in [5.41, 5.74) is 1.60. The lowest BCUT2D eigenvalue weighted by molar-refractivity contribution is 0.0628. The Hall–Kier alpha value is -1.43. The molecule has 2 aromatic carbocycles. The molecule has 0 radical (unpaired) electrons. The number of hydrogen-bond acceptors (Lipinski definition) is 2. The molecule has 0 spiro atoms. The molecule has 24 heavy (non-hydrogen) atoms. The highest BCUT2D eigenvalue weighted by molar-refractivity contribution is 9.10. The Kier molecular flexibility index (Phi) is 5.54. The summed E-state index contributed by atoms with van der Waals surface area (Å²) in [6.07, 6.45) is 0. The van der Waals surface area contributed by atoms with E-state index in [-0.39, 0.29) is 11.7 Å². The van der Waals surface area contributed by atoms with Crippen LogP contribution in [0.1, 0.15) is 15.9 Å². The van der Waals surface area contributed by atoms with Crippen molar-refractivity contribution in [2.24, 2.45) is 0 Å². The third kappa shape index (κ3) is 4.15. The van der Waals surface area contributed by atoms with E-state index in [2.05, 4.69) is 20.8 Å². The highest BCUT2D eigenvalue weighted by Crippen LogP contribution is 2.20. The molecule has 1 aliphatic heterocycles. The topological polar surface area (TPSA) is 23.6 Å². The molecule has 1 aliphatic rings. The molecule has 3 nitrogen and oxygen atoms in total. The molecule has 1 amide bonds. The van der Waals surface area contributed by atoms with Crippen LogP contribution in [-0.4, -0.2) is 41.9 Å². The van der Waals surface area contributed by atoms with Crippen LogP contribution in [-0.2, 0) is 6.54 Å². The summed E-state index contributed by atoms with van der Waals surface area (Å²) in [7, 11) is 0. The molecular weight excluding hydrogens is 395 g/mol. The molecule has 126 valence electrons. The Morgan fingerprint density at radius 1 is 1.12 bits per heavy atom. The lowest BCUT2D eigenvalue weighted by atomic mass is 10.1. The molecular formula is C18H17BrClFN2O. The van der Waals surface area contributed by atoms with Crippen LogP contribution in [0.3, 0.4) is 0 Å². The van der Waals surface area contributed by atoms with Crippen molar-refractivity contribution in [1.82, 2.24) is 9.80 Å². The number of rotatable bonds is 3. The maximum absolute atomic E-state index is 13.1. The van der Waals surface area contributed by atoms with Gasteiger partial charge in [-0.25, -0.2) is 4.39 Å². The minimum Gasteiger partial charge on any atom is -0.336 e. The first-order valence-corrected chi connectivity index (χ1v) is 8.91. The average Bonchev–Trinajstić information content (AvgIpc) is 2.57. The minimum atomic E-state index is -0.326. The minimum absolute atomic E-state index is 0.0516. The average molecular weight is 412 g/mol. The van der Waals surface area contributed by atoms with Gasteiger partial charge in [0, 0.05) is 47.8 Å². The van der Waals surface area contributed by atoms with Crippen molar-refractivity contribution in [3.63, 3.8) is 0 Å². The van der Waals surface area contributed by atoms with E-state index < -0.39 is 0 Å². The van der Waals surface area contributed by atoms with Crippen LogP contribution in [0.15, 0.2) is 46.9 Å². The lowest BCUT2D eigenvalue weighted by Crippen LogP contribution is -2.48. The molecule has 2 aromatic rings. The third-order valence-corrected chi connectivity index (χ3v) is 4.99. The van der Waals surface area contributed by atoms with Crippen LogP contribution in [0.5, 0.6) is 0 Å². The lowest BCUT2D eigenvalue weighted by Gasteiger charge is -2.35. The number of benzene rings is 2. The van der Waals surface area contributed by atoms with Crippen LogP contribution in [0.2, 0.25) is 5.02 Å². The quantitative estimate of drug-likeness (QED) is 0.756. The van der Waals surface area contributed by atoms with Gasteiger partial charge in [0.25, 0.3) is 5.91 Å². The predicted octanol–water partition coefficient (Wildman–Crippen LogP) is 4.20. The molecule has 6 heteroatoms. The number of halogens is 3. The Bertz CT molecular complexity index is 748. The predicted molar refractivity (Wildman–Crippen MR) is 96.7 cm³/mol. The second-order valence-corrected chi connectivity index (χ2v) is 7.14. The summed E-state index contributed by atoms with van der Waals surface area (Å²) in [4.78, 5) is 16.6. The molecule has 3 rings (SSSR count). The van der Waals surface area contributed by atoms with E-state index in [1.54, 1.807) is 6.07 Å². The molecule has 0 unspecified atom stereocenters. The highest BCUT2D eigenvalue weighted by atomic mass is 79.9. The zero-order valence-electron chi connectivity index (χ0n) is 13.0. The van der Waals surface area contributed by atoms with E-state index in [0.29, 0.717) is 30.2 Å². The fourth-order valence-electron chi connectivity index (χ4n) is 2.80. The van der Waals surface area contributed by atoms with E-state index in [0.717, 1.165) is 23.1 Å². The number of piperazine rings is 1. The molecule has 0 aromatic heterocycles. The molecule has 1 fully saturated rings. The number of carbonyl (C=O) groups excluding carboxylic acids is 1. The first kappa shape index (κ1) is 17.4. The van der Waals surface area contributed by atoms with E-state index in [1.807, 2.05) is 29.2 Å². The van der Waals surface area contributed by atoms with E-state index in [1.165, 1.54) is 12.1 Å². The van der Waals surface area contributed by atoms with Crippen LogP contribution in [0, 0.1) is 5.82 Å². The van der Waals surface area contributed by atoms with Gasteiger partial charge < -0.3 is 4.90 Å². The number of carbonyl (C=O) groups is 1. The largest absolute Gasteiger partial charge is 0.336 e. The second kappa shape index (κ2) is 7.64. The van der Waals surface area contributed by atoms with Gasteiger partial charge >= 0.3 is 0 Å². The van der Waals surface area contributed by atoms with Crippen molar-refractivity contribution in [3.05, 3.63) is 68.9 Å². The number of hydrogen-bond donors (Lipinski definition) is 0. The molecule has 1 heterocycles. The van der Waals surface area contributed by atoms with Crippen molar-refractivity contribution in [2.75, 3.05) is 26.2 Å². The van der Waals surface area contributed by atoms with E-state index in [4.69, 9.17) is 11.6 Å². The highest BCUT2D eigenvalue weighted by Gasteiger charge is 2.22. The number of amides is 1. The van der Waals surface area contributed by atoms with Gasteiger partial charge in [0.05, 0.1) is 0 Å². The smallest absolute Gasteiger partial charge is 0.253 e. The van der Waals surface area contributed by atoms with Gasteiger partial charge in [0.2, 0.25) is 0 Å². The van der Waals surface area contributed by atoms with Gasteiger partial charge in [-0.15, -0.1) is 0 Å². The number of nitrogens with zero attached hydrogens (tertiary/aromatic N) is 2. The summed E-state index contributed by atoms with van der Waals surface area (Å²) in [6.45, 7) is 3.55. The van der Waals surface area contributed by atoms with Crippen LogP contribution in [0.4, 0.5) is 4.39 Å². The monoisotopic (exact) mass is 410 g/mol. The van der Waals surface area contributed by atoms with Gasteiger partial charge in [0.15, 0.2) is 0 Å². The van der Waals surface area contributed by atoms with Crippen LogP contribution < -0.4 is 0 Å². The molecule has 1 saturated heterocycles. The normalized spacial score (nSPS) is 15.5. The molecule has 0 saturated carbocycles. The molecule has 0 aliphatic carbocycles. The SMILES string of the molecule is O=C(c1cccc(Br)c1)N1CCN(Cc2ccc(F)cc2Cl)CC1. The van der Waals surface area contributed by atoms with Crippen LogP contribution in [0.25, 0.3) is 0 Å². The Balaban J connectivity index is 1.58. The van der Waals surface area contributed by atoms with E-state index >= 15 is 0 Å². The summed E-state index contributed by atoms with van der Waals surface area (Å²) in [6, 6.07) is 11.9. The maximum atomic E-state index is 13.1. The first-order chi connectivity index (χ1) is 11.5. The van der Waals surface area contributed by atoms with Gasteiger partial charge in [-0.3, -0.25) is 9.69 Å². The zero-order valence-corrected chi connectivity index (χ0v) is 15.4. The van der Waals surface area contributed by atoms with E-state index in [9.17, 15) is 9.18 Å². The summed E-state index contributed by atoms with van der Waals surface area (Å²) >= 11 is 9.48. The fourth-order valence-corrected chi connectivity index (χ4v) is 3.43. The van der Waals surface area contributed by atoms with Gasteiger partial charge in [-0.2, -0.15) is 0 Å². The Morgan fingerprint density at radius 3 is 2.54 bits per heavy atom. The van der Waals surface area contributed by atoms with Crippen LogP contribution >= 0.6 is 27.5 Å². The van der Waals surface area contributed by atoms with Gasteiger partial charge in [0.1, 0.15) is 5.82 Å². The molecule has 0 bridgehead atoms. The standard InChI is InChI=1S/C18H17BrClFN2O/c19-15-3-1-2-13(10-15)18(24)23-8-6-22(7-9-23)12-14-4-5-16(21)11-17(14)20/h1-5,10-11H,6-9,12H2. The Morgan fingerprint density at radius 2 is 1.88 bits per heavy atom.